The summed E-state index contributed by atoms with van der Waals surface area (Å²) in [5, 5.41) is 22.8. The fourth-order valence-electron chi connectivity index (χ4n) is 3.57. The van der Waals surface area contributed by atoms with Crippen LogP contribution in [0.15, 0.2) is 36.4 Å². The third kappa shape index (κ3) is 2.75. The van der Waals surface area contributed by atoms with E-state index in [1.165, 1.54) is 24.3 Å². The maximum Gasteiger partial charge on any atom is 0.273 e. The highest BCUT2D eigenvalue weighted by molar-refractivity contribution is 6.12. The molecule has 26 heavy (non-hydrogen) atoms. The van der Waals surface area contributed by atoms with Crippen LogP contribution in [-0.4, -0.2) is 15.6 Å². The summed E-state index contributed by atoms with van der Waals surface area (Å²) < 4.78 is 0. The van der Waals surface area contributed by atoms with E-state index in [0.717, 1.165) is 25.7 Å². The zero-order valence-electron chi connectivity index (χ0n) is 13.9. The highest BCUT2D eigenvalue weighted by Crippen LogP contribution is 2.48. The fraction of sp³-hybridized carbons (Fsp3) is 0.316. The lowest BCUT2D eigenvalue weighted by atomic mass is 9.90. The standard InChI is InChI=1S/C19H16N2O5/c22-19(13-3-1-5-15(20(23)24)17(13)11-7-8-11)14-4-2-6-16(21(25)26)18(14)12-9-10-12/h1-6,11-12H,7-10H2. The summed E-state index contributed by atoms with van der Waals surface area (Å²) in [7, 11) is 0. The zero-order chi connectivity index (χ0) is 18.4. The molecule has 4 rings (SSSR count). The molecule has 0 radical (unpaired) electrons. The van der Waals surface area contributed by atoms with Crippen molar-refractivity contribution < 1.29 is 14.6 Å². The third-order valence-corrected chi connectivity index (χ3v) is 5.02. The molecule has 2 aliphatic rings. The number of nitrogens with zero attached hydrogens (tertiary/aromatic N) is 2. The van der Waals surface area contributed by atoms with Gasteiger partial charge >= 0.3 is 0 Å². The van der Waals surface area contributed by atoms with E-state index in [9.17, 15) is 25.0 Å². The first-order valence-electron chi connectivity index (χ1n) is 8.58. The molecule has 0 heterocycles. The molecule has 0 unspecified atom stereocenters. The van der Waals surface area contributed by atoms with Crippen molar-refractivity contribution in [3.8, 4) is 0 Å². The Morgan fingerprint density at radius 3 is 1.46 bits per heavy atom. The molecule has 7 heteroatoms. The van der Waals surface area contributed by atoms with E-state index in [1.807, 2.05) is 0 Å². The molecule has 0 bridgehead atoms. The minimum atomic E-state index is -0.459. The van der Waals surface area contributed by atoms with E-state index < -0.39 is 9.85 Å². The van der Waals surface area contributed by atoms with Gasteiger partial charge in [-0.05, 0) is 37.5 Å². The van der Waals surface area contributed by atoms with Gasteiger partial charge in [0.05, 0.1) is 9.85 Å². The number of carbonyl (C=O) groups excluding carboxylic acids is 1. The molecule has 0 amide bonds. The molecule has 0 aliphatic heterocycles. The third-order valence-electron chi connectivity index (χ3n) is 5.02. The van der Waals surface area contributed by atoms with Crippen LogP contribution in [0.4, 0.5) is 11.4 Å². The molecule has 7 nitrogen and oxygen atoms in total. The number of ketones is 1. The van der Waals surface area contributed by atoms with Gasteiger partial charge in [-0.3, -0.25) is 25.0 Å². The Balaban J connectivity index is 1.88. The largest absolute Gasteiger partial charge is 0.289 e. The van der Waals surface area contributed by atoms with Crippen LogP contribution in [0.3, 0.4) is 0 Å². The maximum atomic E-state index is 13.3. The molecule has 2 fully saturated rings. The summed E-state index contributed by atoms with van der Waals surface area (Å²) in [6, 6.07) is 9.03. The van der Waals surface area contributed by atoms with E-state index in [0.29, 0.717) is 22.3 Å². The second kappa shape index (κ2) is 6.01. The lowest BCUT2D eigenvalue weighted by molar-refractivity contribution is -0.385. The zero-order valence-corrected chi connectivity index (χ0v) is 13.9. The van der Waals surface area contributed by atoms with E-state index >= 15 is 0 Å². The second-order valence-electron chi connectivity index (χ2n) is 6.87. The van der Waals surface area contributed by atoms with Crippen LogP contribution >= 0.6 is 0 Å². The summed E-state index contributed by atoms with van der Waals surface area (Å²) in [6.07, 6.45) is 3.26. The topological polar surface area (TPSA) is 103 Å². The number of nitro groups is 2. The highest BCUT2D eigenvalue weighted by atomic mass is 16.6. The van der Waals surface area contributed by atoms with E-state index in [-0.39, 0.29) is 29.0 Å². The molecule has 2 aromatic carbocycles. The molecule has 2 aliphatic carbocycles. The summed E-state index contributed by atoms with van der Waals surface area (Å²) >= 11 is 0. The Labute approximate surface area is 148 Å². The average Bonchev–Trinajstić information content (AvgIpc) is 3.52. The summed E-state index contributed by atoms with van der Waals surface area (Å²) in [5.74, 6) is -0.335. The fourth-order valence-corrected chi connectivity index (χ4v) is 3.57. The summed E-state index contributed by atoms with van der Waals surface area (Å²) in [6.45, 7) is 0. The minimum absolute atomic E-state index is 0.0126. The van der Waals surface area contributed by atoms with Gasteiger partial charge in [0.15, 0.2) is 5.78 Å². The normalized spacial score (nSPS) is 16.3. The van der Waals surface area contributed by atoms with Gasteiger partial charge in [0.2, 0.25) is 0 Å². The lowest BCUT2D eigenvalue weighted by Crippen LogP contribution is -2.11. The Morgan fingerprint density at radius 1 is 0.769 bits per heavy atom. The van der Waals surface area contributed by atoms with Gasteiger partial charge in [-0.15, -0.1) is 0 Å². The molecule has 0 aromatic heterocycles. The van der Waals surface area contributed by atoms with Gasteiger partial charge in [-0.2, -0.15) is 0 Å². The van der Waals surface area contributed by atoms with Gasteiger partial charge in [-0.25, -0.2) is 0 Å². The molecular weight excluding hydrogens is 336 g/mol. The van der Waals surface area contributed by atoms with Crippen molar-refractivity contribution in [1.29, 1.82) is 0 Å². The lowest BCUT2D eigenvalue weighted by Gasteiger charge is -2.12. The van der Waals surface area contributed by atoms with Gasteiger partial charge in [0.25, 0.3) is 11.4 Å². The van der Waals surface area contributed by atoms with Crippen LogP contribution in [0.5, 0.6) is 0 Å². The number of rotatable bonds is 6. The predicted octanol–water partition coefficient (Wildman–Crippen LogP) is 4.49. The van der Waals surface area contributed by atoms with Crippen LogP contribution in [0.1, 0.15) is 64.6 Å². The first-order chi connectivity index (χ1) is 12.5. The number of nitro benzene ring substituents is 2. The van der Waals surface area contributed by atoms with Crippen LogP contribution in [0, 0.1) is 20.2 Å². The summed E-state index contributed by atoms with van der Waals surface area (Å²) in [5.41, 5.74) is 1.44. The van der Waals surface area contributed by atoms with Crippen molar-refractivity contribution in [1.82, 2.24) is 0 Å². The average molecular weight is 352 g/mol. The number of hydrogen-bond acceptors (Lipinski definition) is 5. The molecular formula is C19H16N2O5. The SMILES string of the molecule is O=C(c1cccc([N+](=O)[O-])c1C1CC1)c1cccc([N+](=O)[O-])c1C1CC1. The van der Waals surface area contributed by atoms with E-state index in [4.69, 9.17) is 0 Å². The van der Waals surface area contributed by atoms with Crippen molar-refractivity contribution in [2.24, 2.45) is 0 Å². The van der Waals surface area contributed by atoms with Crippen molar-refractivity contribution in [3.05, 3.63) is 78.9 Å². The van der Waals surface area contributed by atoms with Crippen LogP contribution < -0.4 is 0 Å². The van der Waals surface area contributed by atoms with Crippen LogP contribution in [0.25, 0.3) is 0 Å². The van der Waals surface area contributed by atoms with Crippen molar-refractivity contribution >= 4 is 17.2 Å². The molecule has 2 aromatic rings. The molecule has 0 N–H and O–H groups in total. The highest BCUT2D eigenvalue weighted by Gasteiger charge is 2.38. The second-order valence-corrected chi connectivity index (χ2v) is 6.87. The van der Waals surface area contributed by atoms with Gasteiger partial charge in [-0.1, -0.05) is 24.3 Å². The van der Waals surface area contributed by atoms with Crippen LogP contribution in [-0.2, 0) is 0 Å². The van der Waals surface area contributed by atoms with Crippen molar-refractivity contribution in [2.75, 3.05) is 0 Å². The van der Waals surface area contributed by atoms with Crippen molar-refractivity contribution in [3.63, 3.8) is 0 Å². The number of hydrogen-bond donors (Lipinski definition) is 0. The smallest absolute Gasteiger partial charge is 0.273 e. The first-order valence-corrected chi connectivity index (χ1v) is 8.58. The minimum Gasteiger partial charge on any atom is -0.289 e. The number of benzene rings is 2. The molecule has 0 saturated heterocycles. The first kappa shape index (κ1) is 16.4. The van der Waals surface area contributed by atoms with E-state index in [2.05, 4.69) is 0 Å². The van der Waals surface area contributed by atoms with Gasteiger partial charge in [0, 0.05) is 34.4 Å². The van der Waals surface area contributed by atoms with Gasteiger partial charge in [0.1, 0.15) is 0 Å². The maximum absolute atomic E-state index is 13.3. The quantitative estimate of drug-likeness (QED) is 0.433. The number of carbonyl (C=O) groups is 1. The van der Waals surface area contributed by atoms with Crippen LogP contribution in [0.2, 0.25) is 0 Å². The monoisotopic (exact) mass is 352 g/mol. The summed E-state index contributed by atoms with van der Waals surface area (Å²) in [4.78, 5) is 35.1. The van der Waals surface area contributed by atoms with E-state index in [1.54, 1.807) is 12.1 Å². The Hall–Kier alpha value is -3.09. The predicted molar refractivity (Wildman–Crippen MR) is 93.6 cm³/mol. The molecule has 132 valence electrons. The molecule has 0 spiro atoms. The Morgan fingerprint density at radius 2 is 1.15 bits per heavy atom. The van der Waals surface area contributed by atoms with Gasteiger partial charge < -0.3 is 0 Å². The van der Waals surface area contributed by atoms with Crippen molar-refractivity contribution in [2.45, 2.75) is 37.5 Å². The molecule has 0 atom stereocenters. The Bertz CT molecular complexity index is 869. The Kier molecular flexibility index (Phi) is 3.79. The molecule has 2 saturated carbocycles.